The maximum Gasteiger partial charge on any atom is 0.138 e. The third-order valence-electron chi connectivity index (χ3n) is 10.3. The number of hydrogen-bond acceptors (Lipinski definition) is 3. The molecule has 1 aliphatic carbocycles. The third kappa shape index (κ3) is 5.56. The molecule has 51 heavy (non-hydrogen) atoms. The van der Waals surface area contributed by atoms with Crippen molar-refractivity contribution in [2.24, 2.45) is 0 Å². The largest absolute Gasteiger partial charge is 0.457 e. The zero-order valence-corrected chi connectivity index (χ0v) is 29.0. The number of aryl methyl sites for hydroxylation is 1. The number of allylic oxidation sites excluding steroid dienone is 3. The molecule has 0 amide bonds. The smallest absolute Gasteiger partial charge is 0.138 e. The van der Waals surface area contributed by atoms with E-state index in [9.17, 15) is 0 Å². The fourth-order valence-electron chi connectivity index (χ4n) is 7.77. The lowest BCUT2D eigenvalue weighted by molar-refractivity contribution is 0.428. The van der Waals surface area contributed by atoms with E-state index in [2.05, 4.69) is 158 Å². The summed E-state index contributed by atoms with van der Waals surface area (Å²) in [5.74, 6) is 1.91. The molecular weight excluding hydrogens is 623 g/mol. The molecule has 9 rings (SSSR count). The summed E-state index contributed by atoms with van der Waals surface area (Å²) in [5, 5.41) is 6.89. The standard InChI is InChI=1S/C48H39NO2/c1-3-45(35-16-8-5-9-17-35)51-48-32(2)22-27-39-41(48)28-24-34-23-25-36(30-42(34)39)49(44-20-12-10-18-38(44)33-14-6-4-7-15-33)37-26-29-47-43(31-37)40-19-11-13-21-46(40)50-47/h3-4,6-7,10-16,18-31H,5,8-9,17H2,1-2H3/b45-3-. The summed E-state index contributed by atoms with van der Waals surface area (Å²) < 4.78 is 13.1. The molecule has 0 N–H and O–H groups in total. The molecule has 1 aliphatic rings. The normalized spacial score (nSPS) is 13.6. The average Bonchev–Trinajstić information content (AvgIpc) is 3.56. The highest BCUT2D eigenvalue weighted by atomic mass is 16.5. The van der Waals surface area contributed by atoms with Crippen LogP contribution in [0.5, 0.6) is 5.75 Å². The Morgan fingerprint density at radius 2 is 1.37 bits per heavy atom. The van der Waals surface area contributed by atoms with Gasteiger partial charge in [0.1, 0.15) is 22.7 Å². The van der Waals surface area contributed by atoms with Crippen LogP contribution in [-0.2, 0) is 0 Å². The summed E-state index contributed by atoms with van der Waals surface area (Å²) >= 11 is 0. The average molecular weight is 662 g/mol. The summed E-state index contributed by atoms with van der Waals surface area (Å²) in [6.45, 7) is 4.23. The second-order valence-corrected chi connectivity index (χ2v) is 13.5. The van der Waals surface area contributed by atoms with Gasteiger partial charge in [-0.15, -0.1) is 0 Å². The van der Waals surface area contributed by atoms with E-state index in [4.69, 9.17) is 9.15 Å². The molecule has 0 fully saturated rings. The van der Waals surface area contributed by atoms with Gasteiger partial charge in [0.25, 0.3) is 0 Å². The van der Waals surface area contributed by atoms with Crippen LogP contribution in [0.15, 0.2) is 167 Å². The molecule has 3 nitrogen and oxygen atoms in total. The van der Waals surface area contributed by atoms with E-state index in [-0.39, 0.29) is 0 Å². The quantitative estimate of drug-likeness (QED) is 0.126. The van der Waals surface area contributed by atoms with Crippen molar-refractivity contribution in [3.63, 3.8) is 0 Å². The fourth-order valence-corrected chi connectivity index (χ4v) is 7.77. The van der Waals surface area contributed by atoms with Gasteiger partial charge in [-0.1, -0.05) is 97.1 Å². The molecule has 7 aromatic carbocycles. The van der Waals surface area contributed by atoms with Gasteiger partial charge in [0.2, 0.25) is 0 Å². The molecule has 0 atom stereocenters. The van der Waals surface area contributed by atoms with E-state index in [1.165, 1.54) is 40.1 Å². The van der Waals surface area contributed by atoms with Gasteiger partial charge in [-0.2, -0.15) is 0 Å². The second kappa shape index (κ2) is 13.0. The van der Waals surface area contributed by atoms with Gasteiger partial charge in [0.05, 0.1) is 5.69 Å². The highest BCUT2D eigenvalue weighted by Crippen LogP contribution is 2.45. The Labute approximate surface area is 298 Å². The van der Waals surface area contributed by atoms with Crippen LogP contribution < -0.4 is 9.64 Å². The van der Waals surface area contributed by atoms with Crippen molar-refractivity contribution in [1.82, 2.24) is 0 Å². The molecule has 248 valence electrons. The molecule has 0 unspecified atom stereocenters. The summed E-state index contributed by atoms with van der Waals surface area (Å²) in [6, 6.07) is 49.9. The van der Waals surface area contributed by atoms with Gasteiger partial charge in [-0.3, -0.25) is 0 Å². The zero-order valence-electron chi connectivity index (χ0n) is 29.0. The molecule has 0 bridgehead atoms. The van der Waals surface area contributed by atoms with Crippen LogP contribution in [0, 0.1) is 6.92 Å². The Hall–Kier alpha value is -6.06. The minimum atomic E-state index is 0.883. The summed E-state index contributed by atoms with van der Waals surface area (Å²) in [7, 11) is 0. The number of benzene rings is 7. The summed E-state index contributed by atoms with van der Waals surface area (Å²) in [4.78, 5) is 2.39. The zero-order chi connectivity index (χ0) is 34.3. The number of para-hydroxylation sites is 2. The van der Waals surface area contributed by atoms with E-state index >= 15 is 0 Å². The molecule has 0 radical (unpaired) electrons. The van der Waals surface area contributed by atoms with Crippen molar-refractivity contribution in [3.8, 4) is 16.9 Å². The van der Waals surface area contributed by atoms with Gasteiger partial charge >= 0.3 is 0 Å². The number of nitrogens with zero attached hydrogens (tertiary/aromatic N) is 1. The van der Waals surface area contributed by atoms with Gasteiger partial charge in [-0.05, 0) is 127 Å². The van der Waals surface area contributed by atoms with Crippen LogP contribution in [-0.4, -0.2) is 0 Å². The molecule has 0 spiro atoms. The third-order valence-corrected chi connectivity index (χ3v) is 10.3. The number of anilines is 3. The highest BCUT2D eigenvalue weighted by molar-refractivity contribution is 6.12. The SMILES string of the molecule is C/C=C(\Oc1c(C)ccc2c1ccc1ccc(N(c3ccc4oc5ccccc5c4c3)c3ccccc3-c3ccccc3)cc12)C1=CCCCC1. The summed E-state index contributed by atoms with van der Waals surface area (Å²) in [5.41, 5.74) is 9.81. The van der Waals surface area contributed by atoms with Gasteiger partial charge in [-0.25, -0.2) is 0 Å². The number of furan rings is 1. The predicted molar refractivity (Wildman–Crippen MR) is 215 cm³/mol. The van der Waals surface area contributed by atoms with E-state index in [1.54, 1.807) is 0 Å². The van der Waals surface area contributed by atoms with Crippen LogP contribution in [0.3, 0.4) is 0 Å². The molecular formula is C48H39NO2. The molecule has 0 aliphatic heterocycles. The van der Waals surface area contributed by atoms with Crippen molar-refractivity contribution < 1.29 is 9.15 Å². The second-order valence-electron chi connectivity index (χ2n) is 13.5. The fraction of sp³-hybridized carbons (Fsp3) is 0.125. The lowest BCUT2D eigenvalue weighted by Crippen LogP contribution is -2.11. The van der Waals surface area contributed by atoms with Gasteiger partial charge in [0, 0.05) is 33.1 Å². The number of rotatable bonds is 7. The van der Waals surface area contributed by atoms with Crippen molar-refractivity contribution in [2.45, 2.75) is 39.5 Å². The van der Waals surface area contributed by atoms with Gasteiger partial charge < -0.3 is 14.1 Å². The van der Waals surface area contributed by atoms with Crippen LogP contribution in [0.4, 0.5) is 17.1 Å². The first-order valence-corrected chi connectivity index (χ1v) is 18.0. The monoisotopic (exact) mass is 661 g/mol. The van der Waals surface area contributed by atoms with E-state index in [1.807, 2.05) is 12.1 Å². The number of hydrogen-bond donors (Lipinski definition) is 0. The van der Waals surface area contributed by atoms with Crippen molar-refractivity contribution in [2.75, 3.05) is 4.90 Å². The molecule has 1 heterocycles. The maximum atomic E-state index is 6.82. The van der Waals surface area contributed by atoms with E-state index < -0.39 is 0 Å². The predicted octanol–water partition coefficient (Wildman–Crippen LogP) is 14.1. The number of ether oxygens (including phenoxy) is 1. The Morgan fingerprint density at radius 1 is 0.647 bits per heavy atom. The molecule has 1 aromatic heterocycles. The summed E-state index contributed by atoms with van der Waals surface area (Å²) in [6.07, 6.45) is 9.12. The first-order chi connectivity index (χ1) is 25.2. The molecule has 0 saturated carbocycles. The van der Waals surface area contributed by atoms with Crippen molar-refractivity contribution in [3.05, 3.63) is 169 Å². The Morgan fingerprint density at radius 3 is 2.22 bits per heavy atom. The van der Waals surface area contributed by atoms with Crippen LogP contribution in [0.2, 0.25) is 0 Å². The van der Waals surface area contributed by atoms with Crippen LogP contribution in [0.1, 0.15) is 38.2 Å². The Bertz CT molecular complexity index is 2640. The van der Waals surface area contributed by atoms with E-state index in [0.717, 1.165) is 79.9 Å². The number of fused-ring (bicyclic) bond motifs is 6. The minimum Gasteiger partial charge on any atom is -0.457 e. The lowest BCUT2D eigenvalue weighted by atomic mass is 9.96. The van der Waals surface area contributed by atoms with Crippen LogP contribution >= 0.6 is 0 Å². The minimum absolute atomic E-state index is 0.883. The molecule has 8 aromatic rings. The maximum absolute atomic E-state index is 6.82. The Kier molecular flexibility index (Phi) is 7.89. The molecule has 0 saturated heterocycles. The van der Waals surface area contributed by atoms with Crippen LogP contribution in [0.25, 0.3) is 54.6 Å². The van der Waals surface area contributed by atoms with Gasteiger partial charge in [0.15, 0.2) is 0 Å². The Balaban J connectivity index is 1.25. The van der Waals surface area contributed by atoms with Crippen molar-refractivity contribution in [1.29, 1.82) is 0 Å². The molecule has 3 heteroatoms. The van der Waals surface area contributed by atoms with E-state index in [0.29, 0.717) is 0 Å². The highest BCUT2D eigenvalue weighted by Gasteiger charge is 2.20. The topological polar surface area (TPSA) is 25.6 Å². The first kappa shape index (κ1) is 31.0. The lowest BCUT2D eigenvalue weighted by Gasteiger charge is -2.28. The first-order valence-electron chi connectivity index (χ1n) is 18.0. The van der Waals surface area contributed by atoms with Crippen molar-refractivity contribution >= 4 is 60.5 Å².